The number of nitrogens with one attached hydrogen (secondary N) is 1. The lowest BCUT2D eigenvalue weighted by molar-refractivity contribution is -0.115. The number of anilines is 1. The van der Waals surface area contributed by atoms with Crippen molar-refractivity contribution in [1.82, 2.24) is 19.6 Å². The van der Waals surface area contributed by atoms with E-state index in [1.807, 2.05) is 18.2 Å². The zero-order valence-corrected chi connectivity index (χ0v) is 19.2. The van der Waals surface area contributed by atoms with E-state index in [9.17, 15) is 4.79 Å². The van der Waals surface area contributed by atoms with Crippen molar-refractivity contribution < 1.29 is 4.79 Å². The highest BCUT2D eigenvalue weighted by molar-refractivity contribution is 7.99. The molecule has 3 aromatic heterocycles. The van der Waals surface area contributed by atoms with Crippen LogP contribution in [0.25, 0.3) is 26.8 Å². The molecule has 156 valence electrons. The lowest BCUT2D eigenvalue weighted by atomic mass is 10.1. The highest BCUT2D eigenvalue weighted by Crippen LogP contribution is 2.30. The Bertz CT molecular complexity index is 1460. The number of aryl methyl sites for hydroxylation is 2. The highest BCUT2D eigenvalue weighted by atomic mass is 35.5. The summed E-state index contributed by atoms with van der Waals surface area (Å²) in [6, 6.07) is 13.8. The van der Waals surface area contributed by atoms with Gasteiger partial charge in [0.1, 0.15) is 0 Å². The molecule has 6 nitrogen and oxygen atoms in total. The van der Waals surface area contributed by atoms with Gasteiger partial charge in [0.2, 0.25) is 5.91 Å². The first-order chi connectivity index (χ1) is 15.0. The monoisotopic (exact) mass is 467 g/mol. The number of fused-ring (bicyclic) bond motifs is 4. The van der Waals surface area contributed by atoms with Gasteiger partial charge in [-0.05, 0) is 49.2 Å². The molecule has 0 aliphatic rings. The van der Waals surface area contributed by atoms with Crippen LogP contribution < -0.4 is 5.32 Å². The van der Waals surface area contributed by atoms with Crippen molar-refractivity contribution >= 4 is 72.5 Å². The highest BCUT2D eigenvalue weighted by Gasteiger charge is 2.14. The number of benzene rings is 2. The summed E-state index contributed by atoms with van der Waals surface area (Å²) in [4.78, 5) is 16.9. The van der Waals surface area contributed by atoms with E-state index in [1.54, 1.807) is 6.07 Å². The summed E-state index contributed by atoms with van der Waals surface area (Å²) in [6.45, 7) is 4.18. The molecule has 0 aliphatic heterocycles. The lowest BCUT2D eigenvalue weighted by Crippen LogP contribution is -2.12. The Morgan fingerprint density at radius 2 is 2.03 bits per heavy atom. The maximum atomic E-state index is 12.4. The number of carbonyl (C=O) groups excluding carboxylic acids is 1. The van der Waals surface area contributed by atoms with Crippen LogP contribution in [0.5, 0.6) is 0 Å². The summed E-state index contributed by atoms with van der Waals surface area (Å²) in [7, 11) is 0. The summed E-state index contributed by atoms with van der Waals surface area (Å²) in [5.41, 5.74) is 5.10. The smallest absolute Gasteiger partial charge is 0.226 e. The fourth-order valence-corrected chi connectivity index (χ4v) is 5.63. The van der Waals surface area contributed by atoms with E-state index in [0.29, 0.717) is 22.3 Å². The Balaban J connectivity index is 1.31. The molecule has 0 unspecified atom stereocenters. The van der Waals surface area contributed by atoms with Crippen molar-refractivity contribution in [3.05, 3.63) is 58.6 Å². The molecule has 1 N–H and O–H groups in total. The van der Waals surface area contributed by atoms with Crippen LogP contribution in [-0.2, 0) is 4.79 Å². The van der Waals surface area contributed by atoms with E-state index in [-0.39, 0.29) is 5.91 Å². The van der Waals surface area contributed by atoms with Gasteiger partial charge in [-0.1, -0.05) is 52.9 Å². The fraction of sp³-hybridized carbons (Fsp3) is 0.182. The maximum absolute atomic E-state index is 12.4. The van der Waals surface area contributed by atoms with Crippen molar-refractivity contribution in [1.29, 1.82) is 0 Å². The van der Waals surface area contributed by atoms with Gasteiger partial charge in [-0.2, -0.15) is 0 Å². The molecular formula is C22H18ClN5OS2. The first-order valence-electron chi connectivity index (χ1n) is 9.72. The van der Waals surface area contributed by atoms with Gasteiger partial charge in [-0.15, -0.1) is 10.2 Å². The molecule has 3 heterocycles. The van der Waals surface area contributed by atoms with Crippen LogP contribution in [0.4, 0.5) is 5.13 Å². The predicted molar refractivity (Wildman–Crippen MR) is 129 cm³/mol. The molecule has 9 heteroatoms. The van der Waals surface area contributed by atoms with Crippen LogP contribution in [0.3, 0.4) is 0 Å². The van der Waals surface area contributed by atoms with Gasteiger partial charge in [-0.3, -0.25) is 9.20 Å². The predicted octanol–water partition coefficient (Wildman–Crippen LogP) is 5.88. The van der Waals surface area contributed by atoms with E-state index in [2.05, 4.69) is 56.9 Å². The number of thioether (sulfide) groups is 1. The minimum absolute atomic E-state index is 0.0802. The SMILES string of the molecule is Cc1cc2nnc(SCCC(=O)Nc3nc4ccc(Cl)cc4s3)n2c2c(C)cccc12. The Kier molecular flexibility index (Phi) is 5.29. The van der Waals surface area contributed by atoms with E-state index in [1.165, 1.54) is 39.6 Å². The first kappa shape index (κ1) is 20.2. The summed E-state index contributed by atoms with van der Waals surface area (Å²) in [5.74, 6) is 0.508. The lowest BCUT2D eigenvalue weighted by Gasteiger charge is -2.09. The number of halogens is 1. The molecule has 0 saturated carbocycles. The van der Waals surface area contributed by atoms with E-state index >= 15 is 0 Å². The maximum Gasteiger partial charge on any atom is 0.226 e. The molecular weight excluding hydrogens is 450 g/mol. The molecule has 0 fully saturated rings. The number of para-hydroxylation sites is 1. The second kappa shape index (κ2) is 8.11. The fourth-order valence-electron chi connectivity index (χ4n) is 3.59. The van der Waals surface area contributed by atoms with E-state index < -0.39 is 0 Å². The summed E-state index contributed by atoms with van der Waals surface area (Å²) in [6.07, 6.45) is 0.346. The standard InChI is InChI=1S/C22H18ClN5OS2/c1-12-4-3-5-15-13(2)10-18-26-27-22(28(18)20(12)15)30-9-8-19(29)25-21-24-16-7-6-14(23)11-17(16)31-21/h3-7,10-11H,8-9H2,1-2H3,(H,24,25,29). The minimum Gasteiger partial charge on any atom is -0.302 e. The average Bonchev–Trinajstić information content (AvgIpc) is 3.31. The zero-order chi connectivity index (χ0) is 21.5. The van der Waals surface area contributed by atoms with Crippen LogP contribution in [0.2, 0.25) is 5.02 Å². The quantitative estimate of drug-likeness (QED) is 0.326. The molecule has 0 radical (unpaired) electrons. The molecule has 0 atom stereocenters. The van der Waals surface area contributed by atoms with Crippen molar-refractivity contribution in [3.63, 3.8) is 0 Å². The Labute approximate surface area is 191 Å². The van der Waals surface area contributed by atoms with E-state index in [4.69, 9.17) is 11.6 Å². The van der Waals surface area contributed by atoms with Crippen LogP contribution in [0, 0.1) is 13.8 Å². The molecule has 0 bridgehead atoms. The molecule has 0 aliphatic carbocycles. The van der Waals surface area contributed by atoms with Gasteiger partial charge < -0.3 is 5.32 Å². The molecule has 1 amide bonds. The van der Waals surface area contributed by atoms with Crippen molar-refractivity contribution in [3.8, 4) is 0 Å². The summed E-state index contributed by atoms with van der Waals surface area (Å²) >= 11 is 8.97. The number of hydrogen-bond acceptors (Lipinski definition) is 6. The van der Waals surface area contributed by atoms with Gasteiger partial charge >= 0.3 is 0 Å². The van der Waals surface area contributed by atoms with Crippen LogP contribution in [0.15, 0.2) is 47.6 Å². The van der Waals surface area contributed by atoms with Crippen molar-refractivity contribution in [2.45, 2.75) is 25.4 Å². The van der Waals surface area contributed by atoms with Crippen LogP contribution >= 0.6 is 34.7 Å². The Hall–Kier alpha value is -2.68. The number of amides is 1. The first-order valence-corrected chi connectivity index (χ1v) is 11.9. The normalized spacial score (nSPS) is 11.6. The number of carbonyl (C=O) groups is 1. The Morgan fingerprint density at radius 1 is 1.16 bits per heavy atom. The molecule has 0 saturated heterocycles. The van der Waals surface area contributed by atoms with E-state index in [0.717, 1.165) is 26.5 Å². The van der Waals surface area contributed by atoms with Gasteiger partial charge in [-0.25, -0.2) is 4.98 Å². The number of thiazole rings is 1. The molecule has 2 aromatic carbocycles. The third kappa shape index (κ3) is 3.86. The number of aromatic nitrogens is 4. The third-order valence-electron chi connectivity index (χ3n) is 5.05. The molecule has 5 aromatic rings. The third-order valence-corrected chi connectivity index (χ3v) is 7.15. The topological polar surface area (TPSA) is 72.2 Å². The van der Waals surface area contributed by atoms with Gasteiger partial charge in [0.25, 0.3) is 0 Å². The zero-order valence-electron chi connectivity index (χ0n) is 16.8. The molecule has 0 spiro atoms. The number of nitrogens with zero attached hydrogens (tertiary/aromatic N) is 4. The van der Waals surface area contributed by atoms with Gasteiger partial charge in [0, 0.05) is 22.6 Å². The van der Waals surface area contributed by atoms with Crippen molar-refractivity contribution in [2.24, 2.45) is 0 Å². The second-order valence-electron chi connectivity index (χ2n) is 7.25. The van der Waals surface area contributed by atoms with Gasteiger partial charge in [0.15, 0.2) is 15.9 Å². The number of rotatable bonds is 5. The second-order valence-corrected chi connectivity index (χ2v) is 9.78. The minimum atomic E-state index is -0.0802. The largest absolute Gasteiger partial charge is 0.302 e. The summed E-state index contributed by atoms with van der Waals surface area (Å²) in [5, 5.41) is 14.8. The summed E-state index contributed by atoms with van der Waals surface area (Å²) < 4.78 is 3.03. The van der Waals surface area contributed by atoms with Gasteiger partial charge in [0.05, 0.1) is 15.7 Å². The van der Waals surface area contributed by atoms with Crippen molar-refractivity contribution in [2.75, 3.05) is 11.1 Å². The number of pyridine rings is 1. The number of hydrogen-bond donors (Lipinski definition) is 1. The van der Waals surface area contributed by atoms with Crippen LogP contribution in [-0.4, -0.2) is 31.2 Å². The van der Waals surface area contributed by atoms with Crippen LogP contribution in [0.1, 0.15) is 17.5 Å². The Morgan fingerprint density at radius 3 is 2.90 bits per heavy atom. The molecule has 5 rings (SSSR count). The average molecular weight is 468 g/mol. The molecule has 31 heavy (non-hydrogen) atoms.